The zero-order valence-corrected chi connectivity index (χ0v) is 14.7. The molecule has 0 radical (unpaired) electrons. The maximum atomic E-state index is 12.5. The summed E-state index contributed by atoms with van der Waals surface area (Å²) in [6.45, 7) is 0. The largest absolute Gasteiger partial charge is 0.493 e. The van der Waals surface area contributed by atoms with Gasteiger partial charge in [0.05, 0.1) is 11.1 Å². The van der Waals surface area contributed by atoms with Crippen LogP contribution in [0.4, 0.5) is 5.69 Å². The van der Waals surface area contributed by atoms with Gasteiger partial charge in [-0.05, 0) is 24.3 Å². The summed E-state index contributed by atoms with van der Waals surface area (Å²) in [4.78, 5) is 29.7. The second-order valence-electron chi connectivity index (χ2n) is 5.61. The van der Waals surface area contributed by atoms with E-state index in [4.69, 9.17) is 0 Å². The summed E-state index contributed by atoms with van der Waals surface area (Å²) in [6, 6.07) is 13.5. The number of aromatic nitrogens is 2. The Labute approximate surface area is 154 Å². The number of azo groups is 1. The van der Waals surface area contributed by atoms with Crippen LogP contribution in [0.5, 0.6) is 5.88 Å². The van der Waals surface area contributed by atoms with E-state index >= 15 is 0 Å². The molecule has 7 nitrogen and oxygen atoms in total. The molecular formula is C18H11BrN4O3. The molecule has 0 saturated carbocycles. The minimum Gasteiger partial charge on any atom is -0.493 e. The highest BCUT2D eigenvalue weighted by atomic mass is 79.9. The van der Waals surface area contributed by atoms with Crippen LogP contribution in [0.15, 0.2) is 68.0 Å². The lowest BCUT2D eigenvalue weighted by atomic mass is 10.1. The summed E-state index contributed by atoms with van der Waals surface area (Å²) in [5, 5.41) is 18.8. The minimum absolute atomic E-state index is 0.147. The van der Waals surface area contributed by atoms with E-state index in [1.165, 1.54) is 6.07 Å². The number of carbonyl (C=O) groups is 1. The van der Waals surface area contributed by atoms with Crippen LogP contribution in [0.3, 0.4) is 0 Å². The van der Waals surface area contributed by atoms with Crippen molar-refractivity contribution >= 4 is 49.3 Å². The SMILES string of the molecule is O=C(N=Nc1c(O)[nH]c2ccc(Br)cc12)c1cc(=O)[nH]c2ccccc12. The Morgan fingerprint density at radius 3 is 2.62 bits per heavy atom. The third-order valence-corrected chi connectivity index (χ3v) is 4.43. The molecule has 128 valence electrons. The zero-order chi connectivity index (χ0) is 18.3. The number of amides is 1. The molecule has 2 heterocycles. The van der Waals surface area contributed by atoms with Gasteiger partial charge in [0.2, 0.25) is 11.4 Å². The molecule has 0 aliphatic carbocycles. The first-order chi connectivity index (χ1) is 12.5. The van der Waals surface area contributed by atoms with Gasteiger partial charge in [0.1, 0.15) is 0 Å². The highest BCUT2D eigenvalue weighted by Gasteiger charge is 2.14. The molecule has 2 aromatic carbocycles. The number of pyridine rings is 1. The standard InChI is InChI=1S/C18H11BrN4O3/c19-9-5-6-14-12(7-9)16(18(26)21-14)22-23-17(25)11-8-15(24)20-13-4-2-1-3-10(11)13/h1-8,21,26H,(H,20,24). The molecule has 2 aromatic heterocycles. The van der Waals surface area contributed by atoms with E-state index in [-0.39, 0.29) is 17.1 Å². The highest BCUT2D eigenvalue weighted by molar-refractivity contribution is 9.10. The van der Waals surface area contributed by atoms with Crippen molar-refractivity contribution in [1.82, 2.24) is 9.97 Å². The predicted octanol–water partition coefficient (Wildman–Crippen LogP) is 4.40. The van der Waals surface area contributed by atoms with Gasteiger partial charge in [0.15, 0.2) is 5.69 Å². The zero-order valence-electron chi connectivity index (χ0n) is 13.2. The van der Waals surface area contributed by atoms with Crippen molar-refractivity contribution in [2.75, 3.05) is 0 Å². The van der Waals surface area contributed by atoms with Crippen LogP contribution in [-0.2, 0) is 0 Å². The topological polar surface area (TPSA) is 111 Å². The number of para-hydroxylation sites is 1. The minimum atomic E-state index is -0.670. The van der Waals surface area contributed by atoms with E-state index in [1.54, 1.807) is 36.4 Å². The van der Waals surface area contributed by atoms with Gasteiger partial charge in [0.25, 0.3) is 5.91 Å². The van der Waals surface area contributed by atoms with Gasteiger partial charge in [-0.2, -0.15) is 0 Å². The van der Waals surface area contributed by atoms with E-state index in [2.05, 4.69) is 36.1 Å². The molecule has 4 rings (SSSR count). The fourth-order valence-electron chi connectivity index (χ4n) is 2.77. The number of nitrogens with zero attached hydrogens (tertiary/aromatic N) is 2. The van der Waals surface area contributed by atoms with Gasteiger partial charge in [-0.1, -0.05) is 34.1 Å². The number of aromatic hydroxyl groups is 1. The molecule has 0 bridgehead atoms. The Morgan fingerprint density at radius 2 is 1.77 bits per heavy atom. The Bertz CT molecular complexity index is 1260. The first-order valence-corrected chi connectivity index (χ1v) is 8.40. The van der Waals surface area contributed by atoms with Crippen molar-refractivity contribution in [1.29, 1.82) is 0 Å². The van der Waals surface area contributed by atoms with Crippen LogP contribution < -0.4 is 5.56 Å². The molecule has 4 aromatic rings. The first kappa shape index (κ1) is 16.2. The Morgan fingerprint density at radius 1 is 1.00 bits per heavy atom. The number of carbonyl (C=O) groups excluding carboxylic acids is 1. The van der Waals surface area contributed by atoms with Crippen LogP contribution in [-0.4, -0.2) is 21.0 Å². The van der Waals surface area contributed by atoms with E-state index in [1.807, 2.05) is 6.07 Å². The van der Waals surface area contributed by atoms with Crippen molar-refractivity contribution in [2.45, 2.75) is 0 Å². The van der Waals surface area contributed by atoms with Gasteiger partial charge >= 0.3 is 0 Å². The Balaban J connectivity index is 1.79. The molecule has 26 heavy (non-hydrogen) atoms. The lowest BCUT2D eigenvalue weighted by Crippen LogP contribution is -2.09. The number of nitrogens with one attached hydrogen (secondary N) is 2. The molecule has 0 spiro atoms. The fraction of sp³-hybridized carbons (Fsp3) is 0. The van der Waals surface area contributed by atoms with Crippen LogP contribution in [0.2, 0.25) is 0 Å². The Hall–Kier alpha value is -3.26. The quantitative estimate of drug-likeness (QED) is 0.425. The lowest BCUT2D eigenvalue weighted by molar-refractivity contribution is 0.0996. The third kappa shape index (κ3) is 2.80. The summed E-state index contributed by atoms with van der Waals surface area (Å²) in [7, 11) is 0. The molecule has 0 atom stereocenters. The number of halogens is 1. The number of benzene rings is 2. The van der Waals surface area contributed by atoms with Gasteiger partial charge in [-0.3, -0.25) is 9.59 Å². The first-order valence-electron chi connectivity index (χ1n) is 7.61. The van der Waals surface area contributed by atoms with Crippen molar-refractivity contribution < 1.29 is 9.90 Å². The Kier molecular flexibility index (Phi) is 3.89. The van der Waals surface area contributed by atoms with Crippen molar-refractivity contribution in [3.8, 4) is 5.88 Å². The normalized spacial score (nSPS) is 11.6. The van der Waals surface area contributed by atoms with Gasteiger partial charge < -0.3 is 15.1 Å². The number of H-pyrrole nitrogens is 2. The number of aromatic amines is 2. The summed E-state index contributed by atoms with van der Waals surface area (Å²) in [5.74, 6) is -0.860. The summed E-state index contributed by atoms with van der Waals surface area (Å²) >= 11 is 3.35. The van der Waals surface area contributed by atoms with Crippen LogP contribution >= 0.6 is 15.9 Å². The highest BCUT2D eigenvalue weighted by Crippen LogP contribution is 2.37. The summed E-state index contributed by atoms with van der Waals surface area (Å²) < 4.78 is 0.798. The van der Waals surface area contributed by atoms with Crippen molar-refractivity contribution in [2.24, 2.45) is 10.2 Å². The van der Waals surface area contributed by atoms with Crippen molar-refractivity contribution in [3.05, 3.63) is 68.9 Å². The maximum absolute atomic E-state index is 12.5. The molecule has 0 aliphatic heterocycles. The lowest BCUT2D eigenvalue weighted by Gasteiger charge is -2.01. The monoisotopic (exact) mass is 410 g/mol. The summed E-state index contributed by atoms with van der Waals surface area (Å²) in [6.07, 6.45) is 0. The van der Waals surface area contributed by atoms with Crippen LogP contribution in [0.1, 0.15) is 10.4 Å². The van der Waals surface area contributed by atoms with E-state index in [0.29, 0.717) is 21.8 Å². The number of fused-ring (bicyclic) bond motifs is 2. The molecule has 0 aliphatic rings. The van der Waals surface area contributed by atoms with E-state index < -0.39 is 11.5 Å². The second-order valence-corrected chi connectivity index (χ2v) is 6.53. The average Bonchev–Trinajstić information content (AvgIpc) is 2.93. The second kappa shape index (κ2) is 6.23. The molecule has 8 heteroatoms. The van der Waals surface area contributed by atoms with Gasteiger partial charge in [-0.15, -0.1) is 10.2 Å². The predicted molar refractivity (Wildman–Crippen MR) is 101 cm³/mol. The van der Waals surface area contributed by atoms with Crippen LogP contribution in [0, 0.1) is 0 Å². The smallest absolute Gasteiger partial charge is 0.296 e. The molecule has 3 N–H and O–H groups in total. The van der Waals surface area contributed by atoms with Gasteiger partial charge in [0, 0.05) is 26.8 Å². The summed E-state index contributed by atoms with van der Waals surface area (Å²) in [5.41, 5.74) is 1.10. The third-order valence-electron chi connectivity index (χ3n) is 3.94. The number of hydrogen-bond acceptors (Lipinski definition) is 4. The number of hydrogen-bond donors (Lipinski definition) is 3. The fourth-order valence-corrected chi connectivity index (χ4v) is 3.13. The molecular weight excluding hydrogens is 400 g/mol. The average molecular weight is 411 g/mol. The molecule has 0 unspecified atom stereocenters. The van der Waals surface area contributed by atoms with E-state index in [0.717, 1.165) is 4.47 Å². The molecule has 1 amide bonds. The maximum Gasteiger partial charge on any atom is 0.296 e. The molecule has 0 saturated heterocycles. The van der Waals surface area contributed by atoms with Crippen molar-refractivity contribution in [3.63, 3.8) is 0 Å². The number of rotatable bonds is 2. The van der Waals surface area contributed by atoms with E-state index in [9.17, 15) is 14.7 Å². The van der Waals surface area contributed by atoms with Crippen LogP contribution in [0.25, 0.3) is 21.8 Å². The molecule has 0 fully saturated rings. The van der Waals surface area contributed by atoms with Gasteiger partial charge in [-0.25, -0.2) is 0 Å².